The number of aliphatic hydroxyl groups is 1. The first kappa shape index (κ1) is 29.2. The van der Waals surface area contributed by atoms with Crippen molar-refractivity contribution in [3.63, 3.8) is 0 Å². The van der Waals surface area contributed by atoms with Crippen molar-refractivity contribution >= 4 is 17.8 Å². The molecule has 0 spiro atoms. The number of rotatable bonds is 13. The van der Waals surface area contributed by atoms with Crippen molar-refractivity contribution in [1.82, 2.24) is 14.8 Å². The van der Waals surface area contributed by atoms with E-state index < -0.39 is 5.97 Å². The van der Waals surface area contributed by atoms with Crippen LogP contribution < -0.4 is 0 Å². The van der Waals surface area contributed by atoms with Crippen LogP contribution in [0.4, 0.5) is 0 Å². The number of carbonyl (C=O) groups is 3. The minimum atomic E-state index is -0.990. The predicted octanol–water partition coefficient (Wildman–Crippen LogP) is 4.54. The Morgan fingerprint density at radius 3 is 1.83 bits per heavy atom. The monoisotopic (exact) mass is 551 g/mol. The molecule has 0 fully saturated rings. The van der Waals surface area contributed by atoms with E-state index >= 15 is 0 Å². The summed E-state index contributed by atoms with van der Waals surface area (Å²) in [7, 11) is 0. The lowest BCUT2D eigenvalue weighted by Crippen LogP contribution is -2.35. The number of pyridine rings is 1. The highest BCUT2D eigenvalue weighted by Gasteiger charge is 2.24. The van der Waals surface area contributed by atoms with Crippen LogP contribution in [0.3, 0.4) is 0 Å². The molecule has 1 heterocycles. The summed E-state index contributed by atoms with van der Waals surface area (Å²) in [5, 5.41) is 19.0. The second-order valence-electron chi connectivity index (χ2n) is 9.57. The Hall–Kier alpha value is -4.82. The zero-order chi connectivity index (χ0) is 29.0. The van der Waals surface area contributed by atoms with Gasteiger partial charge in [-0.2, -0.15) is 0 Å². The SMILES string of the molecule is O=C(O)CCN(CCc1cccnc1)C(=O)c1ccccc1-c1ccccc1C(=O)N(CCO)Cc1ccccc1. The van der Waals surface area contributed by atoms with Crippen molar-refractivity contribution < 1.29 is 24.6 Å². The summed E-state index contributed by atoms with van der Waals surface area (Å²) in [5.41, 5.74) is 3.82. The number of carbonyl (C=O) groups excluding carboxylic acids is 2. The summed E-state index contributed by atoms with van der Waals surface area (Å²) in [4.78, 5) is 46.4. The molecule has 8 nitrogen and oxygen atoms in total. The second-order valence-corrected chi connectivity index (χ2v) is 9.57. The minimum absolute atomic E-state index is 0.0463. The maximum absolute atomic E-state index is 13.9. The van der Waals surface area contributed by atoms with Crippen LogP contribution in [-0.2, 0) is 17.8 Å². The Kier molecular flexibility index (Phi) is 10.3. The third-order valence-electron chi connectivity index (χ3n) is 6.75. The fraction of sp³-hybridized carbons (Fsp3) is 0.212. The molecule has 1 aromatic heterocycles. The van der Waals surface area contributed by atoms with E-state index in [1.165, 1.54) is 4.90 Å². The Morgan fingerprint density at radius 1 is 0.659 bits per heavy atom. The molecular weight excluding hydrogens is 518 g/mol. The summed E-state index contributed by atoms with van der Waals surface area (Å²) in [6, 6.07) is 27.4. The zero-order valence-corrected chi connectivity index (χ0v) is 22.7. The molecule has 2 N–H and O–H groups in total. The van der Waals surface area contributed by atoms with Gasteiger partial charge in [0.1, 0.15) is 0 Å². The van der Waals surface area contributed by atoms with Crippen LogP contribution in [0.25, 0.3) is 11.1 Å². The number of aliphatic hydroxyl groups excluding tert-OH is 1. The maximum atomic E-state index is 13.9. The first-order valence-electron chi connectivity index (χ1n) is 13.5. The van der Waals surface area contributed by atoms with Gasteiger partial charge >= 0.3 is 5.97 Å². The van der Waals surface area contributed by atoms with Crippen LogP contribution in [0.2, 0.25) is 0 Å². The van der Waals surface area contributed by atoms with Gasteiger partial charge in [-0.05, 0) is 46.9 Å². The van der Waals surface area contributed by atoms with Gasteiger partial charge < -0.3 is 20.0 Å². The molecule has 0 atom stereocenters. The molecule has 4 aromatic rings. The fourth-order valence-corrected chi connectivity index (χ4v) is 4.68. The number of aromatic nitrogens is 1. The molecular formula is C33H33N3O5. The molecule has 0 aliphatic heterocycles. The average molecular weight is 552 g/mol. The second kappa shape index (κ2) is 14.5. The molecule has 0 saturated carbocycles. The lowest BCUT2D eigenvalue weighted by atomic mass is 9.93. The van der Waals surface area contributed by atoms with Crippen molar-refractivity contribution in [2.75, 3.05) is 26.2 Å². The van der Waals surface area contributed by atoms with Crippen molar-refractivity contribution in [2.24, 2.45) is 0 Å². The van der Waals surface area contributed by atoms with E-state index in [4.69, 9.17) is 0 Å². The van der Waals surface area contributed by atoms with Crippen LogP contribution in [0.15, 0.2) is 103 Å². The number of benzene rings is 3. The molecule has 3 aromatic carbocycles. The molecule has 0 aliphatic rings. The van der Waals surface area contributed by atoms with Crippen molar-refractivity contribution in [3.05, 3.63) is 126 Å². The largest absolute Gasteiger partial charge is 0.481 e. The van der Waals surface area contributed by atoms with Crippen LogP contribution >= 0.6 is 0 Å². The highest BCUT2D eigenvalue weighted by Crippen LogP contribution is 2.29. The topological polar surface area (TPSA) is 111 Å². The van der Waals surface area contributed by atoms with Crippen LogP contribution in [0.5, 0.6) is 0 Å². The first-order chi connectivity index (χ1) is 20.0. The van der Waals surface area contributed by atoms with Crippen LogP contribution in [0, 0.1) is 0 Å². The van der Waals surface area contributed by atoms with E-state index in [1.54, 1.807) is 59.8 Å². The summed E-state index contributed by atoms with van der Waals surface area (Å²) < 4.78 is 0. The number of nitrogens with zero attached hydrogens (tertiary/aromatic N) is 3. The minimum Gasteiger partial charge on any atom is -0.481 e. The van der Waals surface area contributed by atoms with E-state index in [2.05, 4.69) is 4.98 Å². The van der Waals surface area contributed by atoms with Gasteiger partial charge in [-0.15, -0.1) is 0 Å². The molecule has 41 heavy (non-hydrogen) atoms. The molecule has 0 unspecified atom stereocenters. The van der Waals surface area contributed by atoms with Gasteiger partial charge in [-0.3, -0.25) is 19.4 Å². The van der Waals surface area contributed by atoms with E-state index in [-0.39, 0.29) is 37.9 Å². The predicted molar refractivity (Wildman–Crippen MR) is 156 cm³/mol. The lowest BCUT2D eigenvalue weighted by molar-refractivity contribution is -0.137. The first-order valence-corrected chi connectivity index (χ1v) is 13.5. The Bertz CT molecular complexity index is 1460. The quantitative estimate of drug-likeness (QED) is 0.252. The van der Waals surface area contributed by atoms with E-state index in [1.807, 2.05) is 48.5 Å². The normalized spacial score (nSPS) is 10.7. The van der Waals surface area contributed by atoms with Gasteiger partial charge in [0.15, 0.2) is 0 Å². The molecule has 0 radical (unpaired) electrons. The molecule has 0 aliphatic carbocycles. The molecule has 8 heteroatoms. The third kappa shape index (κ3) is 7.86. The summed E-state index contributed by atoms with van der Waals surface area (Å²) in [6.45, 7) is 0.649. The third-order valence-corrected chi connectivity index (χ3v) is 6.75. The van der Waals surface area contributed by atoms with E-state index in [0.29, 0.717) is 41.8 Å². The maximum Gasteiger partial charge on any atom is 0.305 e. The van der Waals surface area contributed by atoms with Crippen molar-refractivity contribution in [3.8, 4) is 11.1 Å². The number of hydrogen-bond acceptors (Lipinski definition) is 5. The smallest absolute Gasteiger partial charge is 0.305 e. The highest BCUT2D eigenvalue weighted by atomic mass is 16.4. The Balaban J connectivity index is 1.66. The fourth-order valence-electron chi connectivity index (χ4n) is 4.68. The number of carboxylic acid groups (broad SMARTS) is 1. The van der Waals surface area contributed by atoms with Gasteiger partial charge in [0.2, 0.25) is 0 Å². The molecule has 0 saturated heterocycles. The number of hydrogen-bond donors (Lipinski definition) is 2. The molecule has 0 bridgehead atoms. The molecule has 4 rings (SSSR count). The summed E-state index contributed by atoms with van der Waals surface area (Å²) in [6.07, 6.45) is 3.73. The van der Waals surface area contributed by atoms with Gasteiger partial charge in [0.05, 0.1) is 13.0 Å². The van der Waals surface area contributed by atoms with Gasteiger partial charge in [0, 0.05) is 49.7 Å². The van der Waals surface area contributed by atoms with Crippen molar-refractivity contribution in [1.29, 1.82) is 0 Å². The average Bonchev–Trinajstić information content (AvgIpc) is 3.01. The standard InChI is InChI=1S/C33H33N3O5/c37-22-21-36(24-26-9-2-1-3-10-26)33(41)30-15-7-5-13-28(30)27-12-4-6-14-29(27)32(40)35(20-17-31(38)39)19-16-25-11-8-18-34-23-25/h1-15,18,23,37H,16-17,19-22,24H2,(H,38,39). The summed E-state index contributed by atoms with van der Waals surface area (Å²) in [5.74, 6) is -1.57. The molecule has 2 amide bonds. The van der Waals surface area contributed by atoms with E-state index in [9.17, 15) is 24.6 Å². The number of aliphatic carboxylic acids is 1. The van der Waals surface area contributed by atoms with Gasteiger partial charge in [0.25, 0.3) is 11.8 Å². The lowest BCUT2D eigenvalue weighted by Gasteiger charge is -2.25. The molecule has 210 valence electrons. The number of amides is 2. The van der Waals surface area contributed by atoms with E-state index in [0.717, 1.165) is 11.1 Å². The Labute approximate surface area is 239 Å². The van der Waals surface area contributed by atoms with Crippen LogP contribution in [0.1, 0.15) is 38.3 Å². The Morgan fingerprint density at radius 2 is 1.24 bits per heavy atom. The van der Waals surface area contributed by atoms with Gasteiger partial charge in [-0.1, -0.05) is 72.8 Å². The van der Waals surface area contributed by atoms with Crippen LogP contribution in [-0.4, -0.2) is 69.0 Å². The van der Waals surface area contributed by atoms with Gasteiger partial charge in [-0.25, -0.2) is 0 Å². The van der Waals surface area contributed by atoms with Crippen molar-refractivity contribution in [2.45, 2.75) is 19.4 Å². The summed E-state index contributed by atoms with van der Waals surface area (Å²) >= 11 is 0. The number of carboxylic acids is 1. The highest BCUT2D eigenvalue weighted by molar-refractivity contribution is 6.06. The zero-order valence-electron chi connectivity index (χ0n) is 22.7.